The molecule has 2 heterocycles. The first-order chi connectivity index (χ1) is 9.28. The van der Waals surface area contributed by atoms with Crippen LogP contribution in [-0.4, -0.2) is 23.0 Å². The van der Waals surface area contributed by atoms with Crippen LogP contribution in [-0.2, 0) is 4.74 Å². The van der Waals surface area contributed by atoms with Crippen LogP contribution in [0.2, 0.25) is 0 Å². The van der Waals surface area contributed by atoms with E-state index in [0.717, 1.165) is 10.9 Å². The number of hydrogen-bond acceptors (Lipinski definition) is 5. The van der Waals surface area contributed by atoms with Gasteiger partial charge < -0.3 is 9.15 Å². The minimum Gasteiger partial charge on any atom is -0.464 e. The summed E-state index contributed by atoms with van der Waals surface area (Å²) < 4.78 is 9.85. The van der Waals surface area contributed by atoms with Crippen molar-refractivity contribution in [3.05, 3.63) is 48.5 Å². The summed E-state index contributed by atoms with van der Waals surface area (Å²) in [4.78, 5) is 19.7. The van der Waals surface area contributed by atoms with Gasteiger partial charge in [-0.05, 0) is 12.1 Å². The molecule has 3 aromatic rings. The second-order valence-electron chi connectivity index (χ2n) is 3.95. The highest BCUT2D eigenvalue weighted by Gasteiger charge is 2.13. The Labute approximate surface area is 108 Å². The van der Waals surface area contributed by atoms with E-state index < -0.39 is 5.97 Å². The third kappa shape index (κ3) is 2.06. The summed E-state index contributed by atoms with van der Waals surface area (Å²) >= 11 is 0. The van der Waals surface area contributed by atoms with Gasteiger partial charge in [-0.2, -0.15) is 0 Å². The molecule has 0 spiro atoms. The molecule has 0 N–H and O–H groups in total. The third-order valence-electron chi connectivity index (χ3n) is 2.74. The average molecular weight is 254 g/mol. The predicted molar refractivity (Wildman–Crippen MR) is 68.6 cm³/mol. The molecule has 94 valence electrons. The zero-order chi connectivity index (χ0) is 13.2. The van der Waals surface area contributed by atoms with Gasteiger partial charge in [0.15, 0.2) is 5.69 Å². The molecule has 0 saturated carbocycles. The van der Waals surface area contributed by atoms with Crippen LogP contribution >= 0.6 is 0 Å². The molecular weight excluding hydrogens is 244 g/mol. The smallest absolute Gasteiger partial charge is 0.360 e. The Bertz CT molecular complexity index is 749. The number of esters is 1. The van der Waals surface area contributed by atoms with E-state index in [1.807, 2.05) is 30.3 Å². The molecule has 0 saturated heterocycles. The molecule has 0 amide bonds. The van der Waals surface area contributed by atoms with Crippen molar-refractivity contribution in [2.45, 2.75) is 0 Å². The Hall–Kier alpha value is -2.69. The second-order valence-corrected chi connectivity index (χ2v) is 3.95. The Balaban J connectivity index is 2.04. The minimum absolute atomic E-state index is 0.144. The van der Waals surface area contributed by atoms with E-state index in [1.165, 1.54) is 13.4 Å². The standard InChI is InChI=1S/C14H10N2O3/c1-18-14(17)12-8-19-13(16-12)10-6-9-4-2-3-5-11(9)15-7-10/h2-8H,1H3. The lowest BCUT2D eigenvalue weighted by atomic mass is 10.1. The summed E-state index contributed by atoms with van der Waals surface area (Å²) in [5, 5.41) is 0.984. The molecule has 0 fully saturated rings. The molecular formula is C14H10N2O3. The van der Waals surface area contributed by atoms with Gasteiger partial charge in [0, 0.05) is 11.6 Å². The van der Waals surface area contributed by atoms with Gasteiger partial charge in [0.25, 0.3) is 0 Å². The Kier molecular flexibility index (Phi) is 2.72. The first-order valence-corrected chi connectivity index (χ1v) is 5.67. The van der Waals surface area contributed by atoms with E-state index in [4.69, 9.17) is 4.42 Å². The molecule has 19 heavy (non-hydrogen) atoms. The molecule has 2 aromatic heterocycles. The fourth-order valence-electron chi connectivity index (χ4n) is 1.79. The van der Waals surface area contributed by atoms with Gasteiger partial charge in [-0.25, -0.2) is 9.78 Å². The first kappa shape index (κ1) is 11.4. The van der Waals surface area contributed by atoms with Crippen LogP contribution in [0.1, 0.15) is 10.5 Å². The van der Waals surface area contributed by atoms with Crippen LogP contribution in [0.4, 0.5) is 0 Å². The number of carbonyl (C=O) groups excluding carboxylic acids is 1. The zero-order valence-electron chi connectivity index (χ0n) is 10.2. The van der Waals surface area contributed by atoms with Gasteiger partial charge in [-0.1, -0.05) is 18.2 Å². The SMILES string of the molecule is COC(=O)c1coc(-c2cnc3ccccc3c2)n1. The highest BCUT2D eigenvalue weighted by molar-refractivity contribution is 5.87. The van der Waals surface area contributed by atoms with E-state index in [9.17, 15) is 4.79 Å². The fourth-order valence-corrected chi connectivity index (χ4v) is 1.79. The zero-order valence-corrected chi connectivity index (χ0v) is 10.2. The van der Waals surface area contributed by atoms with Crippen molar-refractivity contribution in [3.63, 3.8) is 0 Å². The average Bonchev–Trinajstić information content (AvgIpc) is 2.95. The van der Waals surface area contributed by atoms with Crippen molar-refractivity contribution in [3.8, 4) is 11.5 Å². The van der Waals surface area contributed by atoms with E-state index in [0.29, 0.717) is 11.5 Å². The number of methoxy groups -OCH3 is 1. The first-order valence-electron chi connectivity index (χ1n) is 5.67. The highest BCUT2D eigenvalue weighted by atomic mass is 16.5. The quantitative estimate of drug-likeness (QED) is 0.658. The molecule has 3 rings (SSSR count). The molecule has 0 aliphatic rings. The van der Waals surface area contributed by atoms with Crippen molar-refractivity contribution in [1.29, 1.82) is 0 Å². The summed E-state index contributed by atoms with van der Waals surface area (Å²) in [5.41, 5.74) is 1.76. The van der Waals surface area contributed by atoms with Crippen molar-refractivity contribution in [2.24, 2.45) is 0 Å². The summed E-state index contributed by atoms with van der Waals surface area (Å²) in [6, 6.07) is 9.65. The molecule has 0 bridgehead atoms. The van der Waals surface area contributed by atoms with E-state index in [2.05, 4.69) is 14.7 Å². The maximum absolute atomic E-state index is 11.3. The number of pyridine rings is 1. The fraction of sp³-hybridized carbons (Fsp3) is 0.0714. The lowest BCUT2D eigenvalue weighted by Crippen LogP contribution is -2.00. The number of benzene rings is 1. The number of ether oxygens (including phenoxy) is 1. The Morgan fingerprint density at radius 3 is 3.00 bits per heavy atom. The molecule has 0 radical (unpaired) electrons. The van der Waals surface area contributed by atoms with Crippen LogP contribution < -0.4 is 0 Å². The number of oxazole rings is 1. The van der Waals surface area contributed by atoms with E-state index in [-0.39, 0.29) is 5.69 Å². The molecule has 0 unspecified atom stereocenters. The molecule has 0 atom stereocenters. The molecule has 5 heteroatoms. The van der Waals surface area contributed by atoms with Gasteiger partial charge in [-0.3, -0.25) is 4.98 Å². The van der Waals surface area contributed by atoms with Crippen molar-refractivity contribution >= 4 is 16.9 Å². The topological polar surface area (TPSA) is 65.2 Å². The van der Waals surface area contributed by atoms with Gasteiger partial charge in [0.2, 0.25) is 5.89 Å². The van der Waals surface area contributed by atoms with Crippen molar-refractivity contribution < 1.29 is 13.9 Å². The van der Waals surface area contributed by atoms with Gasteiger partial charge in [-0.15, -0.1) is 0 Å². The lowest BCUT2D eigenvalue weighted by Gasteiger charge is -1.98. The van der Waals surface area contributed by atoms with Gasteiger partial charge in [0.1, 0.15) is 6.26 Å². The largest absolute Gasteiger partial charge is 0.464 e. The van der Waals surface area contributed by atoms with E-state index in [1.54, 1.807) is 6.20 Å². The molecule has 5 nitrogen and oxygen atoms in total. The number of rotatable bonds is 2. The summed E-state index contributed by atoms with van der Waals surface area (Å²) in [7, 11) is 1.30. The minimum atomic E-state index is -0.524. The van der Waals surface area contributed by atoms with Crippen LogP contribution in [0.25, 0.3) is 22.4 Å². The number of carbonyl (C=O) groups is 1. The maximum Gasteiger partial charge on any atom is 0.360 e. The van der Waals surface area contributed by atoms with Crippen LogP contribution in [0.5, 0.6) is 0 Å². The Morgan fingerprint density at radius 2 is 2.16 bits per heavy atom. The number of nitrogens with zero attached hydrogens (tertiary/aromatic N) is 2. The molecule has 0 aliphatic heterocycles. The third-order valence-corrected chi connectivity index (χ3v) is 2.74. The highest BCUT2D eigenvalue weighted by Crippen LogP contribution is 2.22. The normalized spacial score (nSPS) is 10.6. The predicted octanol–water partition coefficient (Wildman–Crippen LogP) is 2.68. The molecule has 0 aliphatic carbocycles. The van der Waals surface area contributed by atoms with Crippen LogP contribution in [0, 0.1) is 0 Å². The van der Waals surface area contributed by atoms with Crippen molar-refractivity contribution in [2.75, 3.05) is 7.11 Å². The lowest BCUT2D eigenvalue weighted by molar-refractivity contribution is 0.0594. The van der Waals surface area contributed by atoms with E-state index >= 15 is 0 Å². The molecule has 1 aromatic carbocycles. The van der Waals surface area contributed by atoms with Crippen molar-refractivity contribution in [1.82, 2.24) is 9.97 Å². The monoisotopic (exact) mass is 254 g/mol. The second kappa shape index (κ2) is 4.53. The van der Waals surface area contributed by atoms with Crippen LogP contribution in [0.3, 0.4) is 0 Å². The Morgan fingerprint density at radius 1 is 1.32 bits per heavy atom. The number of hydrogen-bond donors (Lipinski definition) is 0. The summed E-state index contributed by atoms with van der Waals surface area (Å²) in [5.74, 6) is -0.178. The van der Waals surface area contributed by atoms with Gasteiger partial charge in [0.05, 0.1) is 18.2 Å². The van der Waals surface area contributed by atoms with Gasteiger partial charge >= 0.3 is 5.97 Å². The maximum atomic E-state index is 11.3. The number of para-hydroxylation sites is 1. The summed E-state index contributed by atoms with van der Waals surface area (Å²) in [6.07, 6.45) is 2.94. The number of fused-ring (bicyclic) bond motifs is 1. The number of aromatic nitrogens is 2. The summed E-state index contributed by atoms with van der Waals surface area (Å²) in [6.45, 7) is 0. The van der Waals surface area contributed by atoms with Crippen LogP contribution in [0.15, 0.2) is 47.2 Å².